The van der Waals surface area contributed by atoms with Crippen molar-refractivity contribution < 1.29 is 4.74 Å². The van der Waals surface area contributed by atoms with Crippen molar-refractivity contribution in [2.24, 2.45) is 0 Å². The average molecular weight is 268 g/mol. The summed E-state index contributed by atoms with van der Waals surface area (Å²) >= 11 is 6.67. The van der Waals surface area contributed by atoms with Gasteiger partial charge in [-0.05, 0) is 36.5 Å². The maximum Gasteiger partial charge on any atom is 0.272 e. The molecule has 6 heteroatoms. The SMILES string of the molecule is O=c1c2sccc2[nH]c(=S)n1C[C@H]1CCCO1. The molecule has 3 rings (SSSR count). The number of aromatic nitrogens is 2. The first kappa shape index (κ1) is 11.1. The van der Waals surface area contributed by atoms with Crippen molar-refractivity contribution in [2.75, 3.05) is 6.61 Å². The lowest BCUT2D eigenvalue weighted by Crippen LogP contribution is -2.27. The molecule has 3 heterocycles. The van der Waals surface area contributed by atoms with Crippen molar-refractivity contribution in [3.8, 4) is 0 Å². The summed E-state index contributed by atoms with van der Waals surface area (Å²) in [5.74, 6) is 0. The Morgan fingerprint density at radius 2 is 2.53 bits per heavy atom. The van der Waals surface area contributed by atoms with Gasteiger partial charge < -0.3 is 9.72 Å². The molecular weight excluding hydrogens is 256 g/mol. The van der Waals surface area contributed by atoms with Gasteiger partial charge in [0.15, 0.2) is 4.77 Å². The third-order valence-corrected chi connectivity index (χ3v) is 4.23. The van der Waals surface area contributed by atoms with Gasteiger partial charge in [-0.1, -0.05) is 0 Å². The fraction of sp³-hybridized carbons (Fsp3) is 0.455. The average Bonchev–Trinajstić information content (AvgIpc) is 2.94. The highest BCUT2D eigenvalue weighted by Crippen LogP contribution is 2.16. The summed E-state index contributed by atoms with van der Waals surface area (Å²) < 4.78 is 8.37. The van der Waals surface area contributed by atoms with Crippen LogP contribution in [0.25, 0.3) is 10.2 Å². The minimum Gasteiger partial charge on any atom is -0.376 e. The zero-order valence-corrected chi connectivity index (χ0v) is 10.8. The molecule has 0 radical (unpaired) electrons. The third-order valence-electron chi connectivity index (χ3n) is 3.00. The van der Waals surface area contributed by atoms with E-state index in [1.807, 2.05) is 11.4 Å². The molecular formula is C11H12N2O2S2. The minimum absolute atomic E-state index is 0.00532. The van der Waals surface area contributed by atoms with Gasteiger partial charge in [-0.15, -0.1) is 11.3 Å². The van der Waals surface area contributed by atoms with Crippen molar-refractivity contribution in [3.63, 3.8) is 0 Å². The van der Waals surface area contributed by atoms with Gasteiger partial charge >= 0.3 is 0 Å². The standard InChI is InChI=1S/C11H12N2O2S2/c14-10-9-8(3-5-17-9)12-11(16)13(10)6-7-2-1-4-15-7/h3,5,7H,1-2,4,6H2,(H,12,16)/t7-/m1/s1. The number of hydrogen-bond acceptors (Lipinski definition) is 4. The Morgan fingerprint density at radius 3 is 3.29 bits per heavy atom. The predicted octanol–water partition coefficient (Wildman–Crippen LogP) is 2.30. The molecule has 0 unspecified atom stereocenters. The van der Waals surface area contributed by atoms with Gasteiger partial charge in [-0.2, -0.15) is 0 Å². The number of ether oxygens (including phenoxy) is 1. The fourth-order valence-corrected chi connectivity index (χ4v) is 3.19. The molecule has 0 bridgehead atoms. The number of aromatic amines is 1. The van der Waals surface area contributed by atoms with Gasteiger partial charge in [0.1, 0.15) is 4.70 Å². The van der Waals surface area contributed by atoms with Gasteiger partial charge in [-0.25, -0.2) is 0 Å². The van der Waals surface area contributed by atoms with Crippen LogP contribution in [-0.2, 0) is 11.3 Å². The van der Waals surface area contributed by atoms with Crippen LogP contribution >= 0.6 is 23.6 Å². The third kappa shape index (κ3) is 1.96. The molecule has 0 saturated carbocycles. The van der Waals surface area contributed by atoms with Gasteiger partial charge in [0, 0.05) is 6.61 Å². The van der Waals surface area contributed by atoms with Crippen LogP contribution in [-0.4, -0.2) is 22.3 Å². The summed E-state index contributed by atoms with van der Waals surface area (Å²) in [6.07, 6.45) is 2.20. The molecule has 17 heavy (non-hydrogen) atoms. The van der Waals surface area contributed by atoms with Crippen molar-refractivity contribution in [1.29, 1.82) is 0 Å². The monoisotopic (exact) mass is 268 g/mol. The molecule has 4 nitrogen and oxygen atoms in total. The number of H-pyrrole nitrogens is 1. The summed E-state index contributed by atoms with van der Waals surface area (Å²) in [7, 11) is 0. The zero-order valence-electron chi connectivity index (χ0n) is 9.14. The molecule has 2 aromatic heterocycles. The van der Waals surface area contributed by atoms with Crippen molar-refractivity contribution in [3.05, 3.63) is 26.6 Å². The number of nitrogens with one attached hydrogen (secondary N) is 1. The number of thiophene rings is 1. The molecule has 0 amide bonds. The molecule has 1 atom stereocenters. The molecule has 2 aromatic rings. The maximum atomic E-state index is 12.2. The van der Waals surface area contributed by atoms with Crippen LogP contribution in [0.4, 0.5) is 0 Å². The largest absolute Gasteiger partial charge is 0.376 e. The molecule has 1 fully saturated rings. The lowest BCUT2D eigenvalue weighted by molar-refractivity contribution is 0.0957. The predicted molar refractivity (Wildman–Crippen MR) is 70.2 cm³/mol. The lowest BCUT2D eigenvalue weighted by Gasteiger charge is -2.11. The molecule has 1 aliphatic heterocycles. The second-order valence-electron chi connectivity index (χ2n) is 4.14. The highest BCUT2D eigenvalue weighted by atomic mass is 32.1. The van der Waals surface area contributed by atoms with Gasteiger partial charge in [0.25, 0.3) is 5.56 Å². The Bertz CT molecular complexity index is 649. The van der Waals surface area contributed by atoms with Crippen molar-refractivity contribution in [1.82, 2.24) is 9.55 Å². The van der Waals surface area contributed by atoms with Gasteiger partial charge in [-0.3, -0.25) is 9.36 Å². The summed E-state index contributed by atoms with van der Waals surface area (Å²) in [5.41, 5.74) is 0.822. The first-order valence-corrected chi connectivity index (χ1v) is 6.86. The van der Waals surface area contributed by atoms with E-state index in [-0.39, 0.29) is 11.7 Å². The number of rotatable bonds is 2. The molecule has 90 valence electrons. The van der Waals surface area contributed by atoms with E-state index in [1.165, 1.54) is 11.3 Å². The van der Waals surface area contributed by atoms with E-state index in [1.54, 1.807) is 4.57 Å². The molecule has 0 spiro atoms. The van der Waals surface area contributed by atoms with E-state index in [9.17, 15) is 4.79 Å². The highest BCUT2D eigenvalue weighted by molar-refractivity contribution is 7.71. The molecule has 0 aromatic carbocycles. The lowest BCUT2D eigenvalue weighted by atomic mass is 10.2. The van der Waals surface area contributed by atoms with Crippen LogP contribution in [0.3, 0.4) is 0 Å². The first-order chi connectivity index (χ1) is 8.25. The second kappa shape index (κ2) is 4.36. The van der Waals surface area contributed by atoms with E-state index in [0.717, 1.165) is 29.7 Å². The van der Waals surface area contributed by atoms with Crippen LogP contribution in [0, 0.1) is 4.77 Å². The van der Waals surface area contributed by atoms with E-state index in [4.69, 9.17) is 17.0 Å². The van der Waals surface area contributed by atoms with E-state index in [0.29, 0.717) is 11.3 Å². The zero-order chi connectivity index (χ0) is 11.8. The number of hydrogen-bond donors (Lipinski definition) is 1. The number of fused-ring (bicyclic) bond motifs is 1. The van der Waals surface area contributed by atoms with Crippen LogP contribution in [0.5, 0.6) is 0 Å². The molecule has 1 N–H and O–H groups in total. The minimum atomic E-state index is -0.00532. The molecule has 1 aliphatic rings. The topological polar surface area (TPSA) is 47.0 Å². The summed E-state index contributed by atoms with van der Waals surface area (Å²) in [5, 5.41) is 1.90. The van der Waals surface area contributed by atoms with Crippen LogP contribution in [0.15, 0.2) is 16.2 Å². The normalized spacial score (nSPS) is 20.1. The Labute approximate surface area is 107 Å². The van der Waals surface area contributed by atoms with Crippen molar-refractivity contribution >= 4 is 33.8 Å². The highest BCUT2D eigenvalue weighted by Gasteiger charge is 2.18. The first-order valence-electron chi connectivity index (χ1n) is 5.57. The summed E-state index contributed by atoms with van der Waals surface area (Å²) in [6, 6.07) is 1.88. The van der Waals surface area contributed by atoms with E-state index < -0.39 is 0 Å². The molecule has 0 aliphatic carbocycles. The Balaban J connectivity index is 2.08. The van der Waals surface area contributed by atoms with Crippen LogP contribution in [0.1, 0.15) is 12.8 Å². The van der Waals surface area contributed by atoms with Crippen LogP contribution < -0.4 is 5.56 Å². The van der Waals surface area contributed by atoms with E-state index in [2.05, 4.69) is 4.98 Å². The Hall–Kier alpha value is -0.980. The second-order valence-corrected chi connectivity index (χ2v) is 5.45. The summed E-state index contributed by atoms with van der Waals surface area (Å²) in [4.78, 5) is 15.3. The van der Waals surface area contributed by atoms with Gasteiger partial charge in [0.05, 0.1) is 18.2 Å². The Morgan fingerprint density at radius 1 is 1.65 bits per heavy atom. The molecule has 1 saturated heterocycles. The fourth-order valence-electron chi connectivity index (χ4n) is 2.13. The van der Waals surface area contributed by atoms with E-state index >= 15 is 0 Å². The van der Waals surface area contributed by atoms with Crippen LogP contribution in [0.2, 0.25) is 0 Å². The van der Waals surface area contributed by atoms with Gasteiger partial charge in [0.2, 0.25) is 0 Å². The summed E-state index contributed by atoms with van der Waals surface area (Å²) in [6.45, 7) is 1.35. The quantitative estimate of drug-likeness (QED) is 0.850. The Kier molecular flexibility index (Phi) is 2.85. The maximum absolute atomic E-state index is 12.2. The number of nitrogens with zero attached hydrogens (tertiary/aromatic N) is 1. The van der Waals surface area contributed by atoms with Crippen molar-refractivity contribution in [2.45, 2.75) is 25.5 Å². The smallest absolute Gasteiger partial charge is 0.272 e.